The van der Waals surface area contributed by atoms with E-state index in [1.165, 1.54) is 15.8 Å². The van der Waals surface area contributed by atoms with Gasteiger partial charge in [0.15, 0.2) is 0 Å². The van der Waals surface area contributed by atoms with Crippen molar-refractivity contribution in [3.63, 3.8) is 0 Å². The smallest absolute Gasteiger partial charge is 0.244 e. The molecule has 0 saturated carbocycles. The molecule has 1 aromatic carbocycles. The summed E-state index contributed by atoms with van der Waals surface area (Å²) in [5.41, 5.74) is 0. The summed E-state index contributed by atoms with van der Waals surface area (Å²) in [7, 11) is -3.56. The third-order valence-corrected chi connectivity index (χ3v) is 7.10. The summed E-state index contributed by atoms with van der Waals surface area (Å²) in [5, 5.41) is 1.11. The largest absolute Gasteiger partial charge is 0.344 e. The molecule has 0 atom stereocenters. The lowest BCUT2D eigenvalue weighted by atomic mass is 10.2. The van der Waals surface area contributed by atoms with E-state index in [0.717, 1.165) is 11.0 Å². The highest BCUT2D eigenvalue weighted by atomic mass is 35.5. The number of hydrogen-bond donors (Lipinski definition) is 0. The fourth-order valence-electron chi connectivity index (χ4n) is 2.50. The monoisotopic (exact) mass is 386 g/mol. The molecule has 9 heteroatoms. The van der Waals surface area contributed by atoms with Crippen LogP contribution in [-0.4, -0.2) is 48.3 Å². The lowest BCUT2D eigenvalue weighted by Gasteiger charge is -2.33. The zero-order valence-electron chi connectivity index (χ0n) is 13.5. The molecule has 1 aliphatic rings. The molecule has 0 aliphatic carbocycles. The van der Waals surface area contributed by atoms with Gasteiger partial charge >= 0.3 is 0 Å². The molecule has 0 radical (unpaired) electrons. The normalized spacial score (nSPS) is 16.8. The van der Waals surface area contributed by atoms with E-state index in [2.05, 4.69) is 28.1 Å². The Labute approximate surface area is 151 Å². The number of hydrogen-bond acceptors (Lipinski definition) is 6. The van der Waals surface area contributed by atoms with Gasteiger partial charge in [-0.3, -0.25) is 0 Å². The minimum absolute atomic E-state index is 0.165. The number of nitrogens with zero attached hydrogens (tertiary/aromatic N) is 4. The summed E-state index contributed by atoms with van der Waals surface area (Å²) in [6, 6.07) is 6.55. The maximum Gasteiger partial charge on any atom is 0.244 e. The SMILES string of the molecule is CC(C)c1nsc(N2CCN(S(=O)(=O)c3ccccc3Cl)CC2)n1. The summed E-state index contributed by atoms with van der Waals surface area (Å²) in [5.74, 6) is 1.12. The zero-order chi connectivity index (χ0) is 17.3. The third kappa shape index (κ3) is 3.42. The number of piperazine rings is 1. The van der Waals surface area contributed by atoms with E-state index < -0.39 is 10.0 Å². The summed E-state index contributed by atoms with van der Waals surface area (Å²) < 4.78 is 31.3. The highest BCUT2D eigenvalue weighted by Crippen LogP contribution is 2.27. The highest BCUT2D eigenvalue weighted by molar-refractivity contribution is 7.89. The first-order valence-electron chi connectivity index (χ1n) is 7.73. The van der Waals surface area contributed by atoms with E-state index in [-0.39, 0.29) is 15.8 Å². The fraction of sp³-hybridized carbons (Fsp3) is 0.467. The minimum atomic E-state index is -3.56. The first kappa shape index (κ1) is 17.6. The van der Waals surface area contributed by atoms with Crippen LogP contribution in [0.3, 0.4) is 0 Å². The Balaban J connectivity index is 1.71. The Morgan fingerprint density at radius 3 is 2.42 bits per heavy atom. The van der Waals surface area contributed by atoms with Gasteiger partial charge in [-0.15, -0.1) is 0 Å². The second-order valence-electron chi connectivity index (χ2n) is 5.91. The van der Waals surface area contributed by atoms with Crippen LogP contribution in [0.25, 0.3) is 0 Å². The van der Waals surface area contributed by atoms with Crippen LogP contribution in [0.15, 0.2) is 29.2 Å². The van der Waals surface area contributed by atoms with Crippen LogP contribution < -0.4 is 4.90 Å². The van der Waals surface area contributed by atoms with Crippen LogP contribution in [0.5, 0.6) is 0 Å². The average Bonchev–Trinajstić information content (AvgIpc) is 3.05. The van der Waals surface area contributed by atoms with Crippen LogP contribution in [-0.2, 0) is 10.0 Å². The third-order valence-electron chi connectivity index (χ3n) is 3.91. The Morgan fingerprint density at radius 1 is 1.17 bits per heavy atom. The number of benzene rings is 1. The van der Waals surface area contributed by atoms with Gasteiger partial charge in [-0.05, 0) is 12.1 Å². The summed E-state index contributed by atoms with van der Waals surface area (Å²) in [6.45, 7) is 6.11. The van der Waals surface area contributed by atoms with Gasteiger partial charge in [0.2, 0.25) is 15.2 Å². The number of rotatable bonds is 4. The second kappa shape index (κ2) is 6.95. The summed E-state index contributed by atoms with van der Waals surface area (Å²) in [6.07, 6.45) is 0. The molecule has 0 N–H and O–H groups in total. The van der Waals surface area contributed by atoms with Crippen molar-refractivity contribution < 1.29 is 8.42 Å². The number of halogens is 1. The maximum absolute atomic E-state index is 12.7. The van der Waals surface area contributed by atoms with Gasteiger partial charge in [0.1, 0.15) is 10.7 Å². The van der Waals surface area contributed by atoms with E-state index in [4.69, 9.17) is 11.6 Å². The molecule has 0 bridgehead atoms. The maximum atomic E-state index is 12.7. The van der Waals surface area contributed by atoms with E-state index in [0.29, 0.717) is 26.2 Å². The van der Waals surface area contributed by atoms with Crippen LogP contribution in [0, 0.1) is 0 Å². The minimum Gasteiger partial charge on any atom is -0.344 e. The van der Waals surface area contributed by atoms with E-state index in [1.54, 1.807) is 24.3 Å². The van der Waals surface area contributed by atoms with Crippen molar-refractivity contribution in [3.8, 4) is 0 Å². The van der Waals surface area contributed by atoms with Crippen molar-refractivity contribution in [2.45, 2.75) is 24.7 Å². The standard InChI is InChI=1S/C15H19ClN4O2S2/c1-11(2)14-17-15(23-18-14)19-7-9-20(10-8-19)24(21,22)13-6-4-3-5-12(13)16/h3-6,11H,7-10H2,1-2H3. The molecule has 6 nitrogen and oxygen atoms in total. The number of anilines is 1. The fourth-order valence-corrected chi connectivity index (χ4v) is 5.28. The molecular formula is C15H19ClN4O2S2. The van der Waals surface area contributed by atoms with Crippen LogP contribution >= 0.6 is 23.1 Å². The summed E-state index contributed by atoms with van der Waals surface area (Å²) in [4.78, 5) is 6.79. The molecule has 130 valence electrons. The van der Waals surface area contributed by atoms with Crippen LogP contribution in [0.4, 0.5) is 5.13 Å². The molecule has 1 saturated heterocycles. The van der Waals surface area contributed by atoms with Gasteiger partial charge in [0.25, 0.3) is 0 Å². The predicted octanol–water partition coefficient (Wildman–Crippen LogP) is 2.83. The Bertz CT molecular complexity index is 814. The molecule has 1 aromatic heterocycles. The highest BCUT2D eigenvalue weighted by Gasteiger charge is 2.30. The van der Waals surface area contributed by atoms with Gasteiger partial charge in [0.05, 0.1) is 5.02 Å². The molecule has 1 aliphatic heterocycles. The lowest BCUT2D eigenvalue weighted by Crippen LogP contribution is -2.48. The topological polar surface area (TPSA) is 66.4 Å². The van der Waals surface area contributed by atoms with E-state index >= 15 is 0 Å². The van der Waals surface area contributed by atoms with Crippen molar-refractivity contribution >= 4 is 38.3 Å². The van der Waals surface area contributed by atoms with Crippen LogP contribution in [0.1, 0.15) is 25.6 Å². The van der Waals surface area contributed by atoms with Gasteiger partial charge in [-0.25, -0.2) is 13.4 Å². The molecule has 0 unspecified atom stereocenters. The lowest BCUT2D eigenvalue weighted by molar-refractivity contribution is 0.384. The predicted molar refractivity (Wildman–Crippen MR) is 96.4 cm³/mol. The molecule has 0 spiro atoms. The molecule has 2 heterocycles. The average molecular weight is 387 g/mol. The molecule has 1 fully saturated rings. The molecule has 2 aromatic rings. The van der Waals surface area contributed by atoms with E-state index in [9.17, 15) is 8.42 Å². The molecule has 3 rings (SSSR count). The Morgan fingerprint density at radius 2 is 1.83 bits per heavy atom. The number of aromatic nitrogens is 2. The van der Waals surface area contributed by atoms with Crippen LogP contribution in [0.2, 0.25) is 5.02 Å². The summed E-state index contributed by atoms with van der Waals surface area (Å²) >= 11 is 7.42. The van der Waals surface area contributed by atoms with Crippen molar-refractivity contribution in [1.29, 1.82) is 0 Å². The quantitative estimate of drug-likeness (QED) is 0.808. The van der Waals surface area contributed by atoms with Gasteiger partial charge < -0.3 is 4.90 Å². The van der Waals surface area contributed by atoms with Gasteiger partial charge in [-0.1, -0.05) is 37.6 Å². The van der Waals surface area contributed by atoms with Gasteiger partial charge in [0, 0.05) is 43.6 Å². The molecule has 0 amide bonds. The molecular weight excluding hydrogens is 368 g/mol. The number of sulfonamides is 1. The first-order valence-corrected chi connectivity index (χ1v) is 10.3. The first-order chi connectivity index (χ1) is 11.4. The van der Waals surface area contributed by atoms with Crippen molar-refractivity contribution in [2.24, 2.45) is 0 Å². The zero-order valence-corrected chi connectivity index (χ0v) is 15.9. The Hall–Kier alpha value is -1.22. The van der Waals surface area contributed by atoms with Crippen molar-refractivity contribution in [3.05, 3.63) is 35.1 Å². The Kier molecular flexibility index (Phi) is 5.10. The van der Waals surface area contributed by atoms with Crippen molar-refractivity contribution in [1.82, 2.24) is 13.7 Å². The van der Waals surface area contributed by atoms with Gasteiger partial charge in [-0.2, -0.15) is 8.68 Å². The van der Waals surface area contributed by atoms with Crippen molar-refractivity contribution in [2.75, 3.05) is 31.1 Å². The van der Waals surface area contributed by atoms with E-state index in [1.807, 2.05) is 0 Å². The molecule has 24 heavy (non-hydrogen) atoms. The second-order valence-corrected chi connectivity index (χ2v) is 8.96.